The van der Waals surface area contributed by atoms with Crippen molar-refractivity contribution in [1.82, 2.24) is 10.2 Å². The van der Waals surface area contributed by atoms with Gasteiger partial charge in [0.05, 0.1) is 0 Å². The molecule has 2 saturated heterocycles. The van der Waals surface area contributed by atoms with Crippen LogP contribution in [0.15, 0.2) is 0 Å². The van der Waals surface area contributed by atoms with Crippen LogP contribution in [0.4, 0.5) is 0 Å². The summed E-state index contributed by atoms with van der Waals surface area (Å²) in [6.07, 6.45) is 7.00. The van der Waals surface area contributed by atoms with Crippen LogP contribution in [0.1, 0.15) is 39.0 Å². The van der Waals surface area contributed by atoms with Gasteiger partial charge in [0.25, 0.3) is 0 Å². The molecule has 76 valence electrons. The summed E-state index contributed by atoms with van der Waals surface area (Å²) in [6.45, 7) is 6.09. The van der Waals surface area contributed by atoms with Crippen LogP contribution in [0, 0.1) is 0 Å². The lowest BCUT2D eigenvalue weighted by Gasteiger charge is -2.40. The predicted molar refractivity (Wildman–Crippen MR) is 55.9 cm³/mol. The molecule has 0 radical (unpaired) electrons. The van der Waals surface area contributed by atoms with Gasteiger partial charge in [-0.1, -0.05) is 13.3 Å². The average molecular weight is 182 g/mol. The first-order valence-electron chi connectivity index (χ1n) is 5.88. The number of fused-ring (bicyclic) bond motifs is 2. The summed E-state index contributed by atoms with van der Waals surface area (Å²) in [5.41, 5.74) is 0. The first-order valence-corrected chi connectivity index (χ1v) is 5.88. The Morgan fingerprint density at radius 1 is 1.23 bits per heavy atom. The van der Waals surface area contributed by atoms with Crippen molar-refractivity contribution < 1.29 is 0 Å². The molecule has 0 amide bonds. The first-order chi connectivity index (χ1) is 6.42. The van der Waals surface area contributed by atoms with Crippen LogP contribution in [-0.4, -0.2) is 36.6 Å². The highest BCUT2D eigenvalue weighted by atomic mass is 15.2. The Kier molecular flexibility index (Phi) is 3.23. The maximum Gasteiger partial charge on any atom is 0.0223 e. The fraction of sp³-hybridized carbons (Fsp3) is 1.00. The lowest BCUT2D eigenvalue weighted by molar-refractivity contribution is 0.0936. The lowest BCUT2D eigenvalue weighted by Crippen LogP contribution is -2.48. The van der Waals surface area contributed by atoms with Gasteiger partial charge in [-0.05, 0) is 38.8 Å². The highest BCUT2D eigenvalue weighted by Gasteiger charge is 2.30. The van der Waals surface area contributed by atoms with E-state index in [1.807, 2.05) is 0 Å². The molecule has 0 unspecified atom stereocenters. The van der Waals surface area contributed by atoms with Crippen molar-refractivity contribution in [3.05, 3.63) is 0 Å². The predicted octanol–water partition coefficient (Wildman–Crippen LogP) is 1.61. The van der Waals surface area contributed by atoms with E-state index >= 15 is 0 Å². The van der Waals surface area contributed by atoms with Crippen molar-refractivity contribution in [2.24, 2.45) is 0 Å². The van der Waals surface area contributed by atoms with Gasteiger partial charge in [-0.2, -0.15) is 0 Å². The monoisotopic (exact) mass is 182 g/mol. The SMILES string of the molecule is CCCN1[C@H]2CCC[C@H]1CNCC2. The normalized spacial score (nSPS) is 35.8. The van der Waals surface area contributed by atoms with Crippen LogP contribution in [0.2, 0.25) is 0 Å². The maximum absolute atomic E-state index is 3.57. The molecule has 13 heavy (non-hydrogen) atoms. The minimum Gasteiger partial charge on any atom is -0.315 e. The molecule has 2 bridgehead atoms. The molecule has 0 aromatic heterocycles. The molecule has 2 fully saturated rings. The van der Waals surface area contributed by atoms with Crippen molar-refractivity contribution in [3.8, 4) is 0 Å². The third-order valence-corrected chi connectivity index (χ3v) is 3.53. The standard InChI is InChI=1S/C11H22N2/c1-2-8-13-10-4-3-5-11(13)9-12-7-6-10/h10-12H,2-9H2,1H3/t10-,11-/m0/s1. The molecule has 2 atom stereocenters. The van der Waals surface area contributed by atoms with E-state index in [9.17, 15) is 0 Å². The molecule has 0 saturated carbocycles. The van der Waals surface area contributed by atoms with Gasteiger partial charge in [-0.3, -0.25) is 4.90 Å². The fourth-order valence-corrected chi connectivity index (χ4v) is 2.91. The number of piperidine rings is 1. The third kappa shape index (κ3) is 2.05. The van der Waals surface area contributed by atoms with E-state index in [1.165, 1.54) is 51.7 Å². The summed E-state index contributed by atoms with van der Waals surface area (Å²) in [4.78, 5) is 2.77. The molecule has 0 aromatic carbocycles. The summed E-state index contributed by atoms with van der Waals surface area (Å²) in [7, 11) is 0. The molecule has 2 rings (SSSR count). The van der Waals surface area contributed by atoms with Crippen LogP contribution >= 0.6 is 0 Å². The van der Waals surface area contributed by atoms with Gasteiger partial charge in [0.15, 0.2) is 0 Å². The van der Waals surface area contributed by atoms with E-state index < -0.39 is 0 Å². The van der Waals surface area contributed by atoms with Crippen LogP contribution in [0.5, 0.6) is 0 Å². The average Bonchev–Trinajstić information content (AvgIpc) is 2.28. The molecular formula is C11H22N2. The zero-order valence-electron chi connectivity index (χ0n) is 8.76. The Balaban J connectivity index is 2.02. The Morgan fingerprint density at radius 3 is 2.92 bits per heavy atom. The van der Waals surface area contributed by atoms with Crippen molar-refractivity contribution >= 4 is 0 Å². The number of rotatable bonds is 2. The van der Waals surface area contributed by atoms with E-state index in [-0.39, 0.29) is 0 Å². The molecule has 2 aliphatic heterocycles. The van der Waals surface area contributed by atoms with Crippen LogP contribution in [0.25, 0.3) is 0 Å². The Hall–Kier alpha value is -0.0800. The summed E-state index contributed by atoms with van der Waals surface area (Å²) < 4.78 is 0. The minimum absolute atomic E-state index is 0.848. The Labute approximate surface area is 81.7 Å². The molecule has 0 spiro atoms. The van der Waals surface area contributed by atoms with E-state index in [1.54, 1.807) is 0 Å². The zero-order valence-corrected chi connectivity index (χ0v) is 8.76. The van der Waals surface area contributed by atoms with Crippen molar-refractivity contribution in [3.63, 3.8) is 0 Å². The van der Waals surface area contributed by atoms with E-state index in [0.717, 1.165) is 12.1 Å². The Bertz CT molecular complexity index is 144. The van der Waals surface area contributed by atoms with E-state index in [0.29, 0.717) is 0 Å². The largest absolute Gasteiger partial charge is 0.315 e. The summed E-state index contributed by atoms with van der Waals surface area (Å²) >= 11 is 0. The van der Waals surface area contributed by atoms with Gasteiger partial charge in [-0.25, -0.2) is 0 Å². The van der Waals surface area contributed by atoms with Crippen LogP contribution < -0.4 is 5.32 Å². The molecule has 2 heteroatoms. The smallest absolute Gasteiger partial charge is 0.0223 e. The second-order valence-electron chi connectivity index (χ2n) is 4.47. The molecule has 0 aromatic rings. The number of nitrogens with zero attached hydrogens (tertiary/aromatic N) is 1. The number of hydrogen-bond acceptors (Lipinski definition) is 2. The zero-order chi connectivity index (χ0) is 9.10. The Morgan fingerprint density at radius 2 is 2.08 bits per heavy atom. The number of nitrogens with one attached hydrogen (secondary N) is 1. The van der Waals surface area contributed by atoms with Crippen LogP contribution in [-0.2, 0) is 0 Å². The second kappa shape index (κ2) is 4.43. The summed E-state index contributed by atoms with van der Waals surface area (Å²) in [6, 6.07) is 1.75. The number of hydrogen-bond donors (Lipinski definition) is 1. The van der Waals surface area contributed by atoms with Crippen LogP contribution in [0.3, 0.4) is 0 Å². The fourth-order valence-electron chi connectivity index (χ4n) is 2.91. The highest BCUT2D eigenvalue weighted by molar-refractivity contribution is 4.88. The minimum atomic E-state index is 0.848. The molecule has 2 heterocycles. The molecule has 0 aliphatic carbocycles. The summed E-state index contributed by atoms with van der Waals surface area (Å²) in [5.74, 6) is 0. The van der Waals surface area contributed by atoms with Gasteiger partial charge in [0.2, 0.25) is 0 Å². The molecule has 2 nitrogen and oxygen atoms in total. The van der Waals surface area contributed by atoms with Crippen molar-refractivity contribution in [1.29, 1.82) is 0 Å². The topological polar surface area (TPSA) is 15.3 Å². The molecule has 2 aliphatic rings. The lowest BCUT2D eigenvalue weighted by atomic mass is 9.94. The first kappa shape index (κ1) is 9.47. The molecule has 1 N–H and O–H groups in total. The van der Waals surface area contributed by atoms with E-state index in [2.05, 4.69) is 17.1 Å². The van der Waals surface area contributed by atoms with Gasteiger partial charge in [0, 0.05) is 18.6 Å². The quantitative estimate of drug-likeness (QED) is 0.698. The second-order valence-corrected chi connectivity index (χ2v) is 4.47. The van der Waals surface area contributed by atoms with Crippen molar-refractivity contribution in [2.45, 2.75) is 51.1 Å². The van der Waals surface area contributed by atoms with E-state index in [4.69, 9.17) is 0 Å². The third-order valence-electron chi connectivity index (χ3n) is 3.53. The van der Waals surface area contributed by atoms with Gasteiger partial charge in [0.1, 0.15) is 0 Å². The van der Waals surface area contributed by atoms with Gasteiger partial charge >= 0.3 is 0 Å². The molecular weight excluding hydrogens is 160 g/mol. The van der Waals surface area contributed by atoms with Gasteiger partial charge < -0.3 is 5.32 Å². The highest BCUT2D eigenvalue weighted by Crippen LogP contribution is 2.26. The van der Waals surface area contributed by atoms with Crippen molar-refractivity contribution in [2.75, 3.05) is 19.6 Å². The van der Waals surface area contributed by atoms with Gasteiger partial charge in [-0.15, -0.1) is 0 Å². The summed E-state index contributed by atoms with van der Waals surface area (Å²) in [5, 5.41) is 3.57. The maximum atomic E-state index is 3.57.